The van der Waals surface area contributed by atoms with Gasteiger partial charge in [-0.05, 0) is 74.7 Å². The van der Waals surface area contributed by atoms with Crippen molar-refractivity contribution >= 4 is 89.5 Å². The Morgan fingerprint density at radius 1 is 0.217 bits per heavy atom. The van der Waals surface area contributed by atoms with Crippen LogP contribution in [0.3, 0.4) is 0 Å². The summed E-state index contributed by atoms with van der Waals surface area (Å²) in [6.45, 7) is 77.0. The first kappa shape index (κ1) is 136. The van der Waals surface area contributed by atoms with Crippen molar-refractivity contribution in [3.63, 3.8) is 0 Å². The summed E-state index contributed by atoms with van der Waals surface area (Å²) < 4.78 is 118. The number of hydrogen-bond donors (Lipinski definition) is 2. The van der Waals surface area contributed by atoms with E-state index in [1.54, 1.807) is 20.8 Å². The lowest BCUT2D eigenvalue weighted by Crippen LogP contribution is -2.39. The van der Waals surface area contributed by atoms with Crippen molar-refractivity contribution < 1.29 is 191 Å². The molecule has 780 valence electrons. The highest BCUT2D eigenvalue weighted by Crippen LogP contribution is 2.28. The van der Waals surface area contributed by atoms with Gasteiger partial charge in [0, 0.05) is 103 Å². The van der Waals surface area contributed by atoms with Crippen molar-refractivity contribution in [3.05, 3.63) is 186 Å². The molecule has 2 N–H and O–H groups in total. The van der Waals surface area contributed by atoms with E-state index in [4.69, 9.17) is 95.1 Å². The van der Waals surface area contributed by atoms with E-state index in [0.717, 1.165) is 42.5 Å². The summed E-state index contributed by atoms with van der Waals surface area (Å²) in [5.74, 6) is -8.05. The molecule has 0 bridgehead atoms. The summed E-state index contributed by atoms with van der Waals surface area (Å²) >= 11 is 0. The Hall–Kier alpha value is -12.3. The molecule has 0 aliphatic heterocycles. The molecule has 0 heterocycles. The minimum atomic E-state index is -1.05. The zero-order valence-corrected chi connectivity index (χ0v) is 82.8. The highest BCUT2D eigenvalue weighted by molar-refractivity contribution is 5.90. The Kier molecular flexibility index (Phi) is 83.1. The lowest BCUT2D eigenvalue weighted by Gasteiger charge is -2.32. The first-order valence-electron chi connectivity index (χ1n) is 43.0. The van der Waals surface area contributed by atoms with Gasteiger partial charge in [-0.1, -0.05) is 133 Å². The van der Waals surface area contributed by atoms with Crippen molar-refractivity contribution in [2.24, 2.45) is 21.7 Å². The van der Waals surface area contributed by atoms with Crippen molar-refractivity contribution in [3.8, 4) is 0 Å². The number of rotatable bonds is 72. The van der Waals surface area contributed by atoms with Gasteiger partial charge in [-0.25, -0.2) is 71.9 Å². The third-order valence-corrected chi connectivity index (χ3v) is 16.6. The number of ether oxygens (including phenoxy) is 23. The zero-order valence-electron chi connectivity index (χ0n) is 82.8. The third kappa shape index (κ3) is 79.9. The molecule has 0 radical (unpaired) electrons. The molecule has 0 spiro atoms. The van der Waals surface area contributed by atoms with E-state index in [1.807, 2.05) is 34.6 Å². The van der Waals surface area contributed by atoms with Crippen LogP contribution in [-0.2, 0) is 181 Å². The van der Waals surface area contributed by atoms with E-state index in [2.05, 4.69) is 118 Å². The highest BCUT2D eigenvalue weighted by atomic mass is 16.6. The Morgan fingerprint density at radius 3 is 0.536 bits per heavy atom. The lowest BCUT2D eigenvalue weighted by molar-refractivity contribution is -0.158. The van der Waals surface area contributed by atoms with E-state index >= 15 is 0 Å². The van der Waals surface area contributed by atoms with Gasteiger partial charge < -0.3 is 119 Å². The number of aliphatic hydroxyl groups excluding tert-OH is 2. The van der Waals surface area contributed by atoms with E-state index in [-0.39, 0.29) is 212 Å². The number of esters is 15. The molecular weight excluding hydrogens is 1820 g/mol. The Labute approximate surface area is 810 Å². The Bertz CT molecular complexity index is 3590. The quantitative estimate of drug-likeness (QED) is 0.0248. The largest absolute Gasteiger partial charge is 0.461 e. The van der Waals surface area contributed by atoms with Crippen LogP contribution in [-0.4, -0.2) is 317 Å². The lowest BCUT2D eigenvalue weighted by atomic mass is 9.88. The maximum absolute atomic E-state index is 11.6. The van der Waals surface area contributed by atoms with Crippen molar-refractivity contribution in [2.45, 2.75) is 121 Å². The maximum atomic E-state index is 11.6. The van der Waals surface area contributed by atoms with Crippen LogP contribution < -0.4 is 0 Å². The summed E-state index contributed by atoms with van der Waals surface area (Å²) in [4.78, 5) is 167. The van der Waals surface area contributed by atoms with Crippen molar-refractivity contribution in [1.29, 1.82) is 0 Å². The summed E-state index contributed by atoms with van der Waals surface area (Å²) in [7, 11) is 0. The predicted molar refractivity (Wildman–Crippen MR) is 505 cm³/mol. The van der Waals surface area contributed by atoms with E-state index in [1.165, 1.54) is 34.6 Å². The van der Waals surface area contributed by atoms with Gasteiger partial charge >= 0.3 is 89.5 Å². The summed E-state index contributed by atoms with van der Waals surface area (Å²) in [5, 5.41) is 18.4. The molecule has 0 aromatic heterocycles. The molecule has 0 unspecified atom stereocenters. The van der Waals surface area contributed by atoms with Crippen LogP contribution >= 0.6 is 0 Å². The Morgan fingerprint density at radius 2 is 0.362 bits per heavy atom. The van der Waals surface area contributed by atoms with Crippen molar-refractivity contribution in [2.75, 3.05) is 205 Å². The van der Waals surface area contributed by atoms with Gasteiger partial charge in [0.2, 0.25) is 0 Å². The summed E-state index contributed by atoms with van der Waals surface area (Å²) in [5.41, 5.74) is 0.137. The fraction of sp³-hybridized carbons (Fsp3) is 0.541. The minimum absolute atomic E-state index is 0.0812. The van der Waals surface area contributed by atoms with Crippen LogP contribution in [0.1, 0.15) is 109 Å². The van der Waals surface area contributed by atoms with Crippen LogP contribution in [0.5, 0.6) is 0 Å². The normalized spacial score (nSPS) is 10.5. The summed E-state index contributed by atoms with van der Waals surface area (Å²) in [6, 6.07) is 0. The highest BCUT2D eigenvalue weighted by Gasteiger charge is 2.36. The third-order valence-electron chi connectivity index (χ3n) is 16.6. The zero-order chi connectivity index (χ0) is 107. The molecule has 0 amide bonds. The fourth-order valence-electron chi connectivity index (χ4n) is 8.20. The van der Waals surface area contributed by atoms with Crippen LogP contribution in [0.2, 0.25) is 0 Å². The second-order valence-corrected chi connectivity index (χ2v) is 30.6. The minimum Gasteiger partial charge on any atom is -0.461 e. The topological polar surface area (TPSA) is 509 Å². The maximum Gasteiger partial charge on any atom is 0.333 e. The SMILES string of the molecule is C=C(C)C(=O)OCC(CC)(COC(=O)C(=C)C)COC(=O)C(=C)C.C=C(C)C(=O)OCC(O)COC(=O)C(=C)C.C=C(C)C(=O)OCCOCC(CC)(COCCOC(=O)C(=C)C)COCCOC(=O)C(=C)C.C=CC(=O)OCC(O)COC(=O)C=C.C=CC(=O)OCCOCC(C)(C)COCCOC(=O)C=C.C=CC(=O)OCCOCC(CC)(COCCOC(=O)C=C)COCCOC(=O)C=C. The van der Waals surface area contributed by atoms with Gasteiger partial charge in [0.1, 0.15) is 111 Å². The molecule has 0 rings (SSSR count). The average Bonchev–Trinajstić information content (AvgIpc) is 0.808. The summed E-state index contributed by atoms with van der Waals surface area (Å²) in [6.07, 6.45) is 7.09. The predicted octanol–water partition coefficient (Wildman–Crippen LogP) is 9.05. The van der Waals surface area contributed by atoms with Crippen LogP contribution in [0.25, 0.3) is 0 Å². The molecule has 0 aliphatic carbocycles. The van der Waals surface area contributed by atoms with Gasteiger partial charge in [0.25, 0.3) is 0 Å². The van der Waals surface area contributed by atoms with E-state index in [0.29, 0.717) is 62.4 Å². The molecule has 0 aromatic rings. The number of hydrogen-bond acceptors (Lipinski definition) is 40. The molecule has 0 aliphatic rings. The average molecular weight is 1970 g/mol. The molecule has 138 heavy (non-hydrogen) atoms. The first-order valence-corrected chi connectivity index (χ1v) is 43.0. The van der Waals surface area contributed by atoms with E-state index in [9.17, 15) is 77.0 Å². The monoisotopic (exact) mass is 1960 g/mol. The van der Waals surface area contributed by atoms with Gasteiger partial charge in [0.05, 0.1) is 111 Å². The second-order valence-electron chi connectivity index (χ2n) is 30.6. The standard InChI is InChI=1S/C24H38O9.C21H32O9.C18H26O6.C15H24O6.C11H16O5.C9H12O5/c1-8-24(15-28-9-12-31-21(25)18(2)3,16-29-10-13-32-22(26)19(4)5)17-30-11-14-33-23(27)20(6)7;1-5-18(22)28-12-9-25-15-21(8-4,16-26-10-13-29-19(23)6-2)17-27-11-14-30-20(24)7-3;1-8-18(9-22-15(19)12(2)3,10-23-16(20)13(4)5)11-24-17(21)14(6)7;1-5-13(16)20-9-7-18-11-15(3,4)12-19-8-10-21-14(17)6-2;1-7(2)10(13)15-5-9(12)6-16-11(14)8(3)4;1-3-8(11)13-5-7(10)6-14-9(12)4-2/h2,4,6,8-17H2,1,3,5,7H3;5-7H,1-3,8-17H2,4H3;2,4,6,8-11H2,1,3,5,7H3;5-6H,1-2,7-12H2,3-4H3;9,12H,1,3,5-6H2,2,4H3;3-4,7,10H,1-2,5-6H2. The van der Waals surface area contributed by atoms with Crippen LogP contribution in [0, 0.1) is 21.7 Å². The first-order chi connectivity index (χ1) is 64.9. The molecule has 0 aromatic carbocycles. The number of carbonyl (C=O) groups is 15. The Balaban J connectivity index is -0.000000387. The molecule has 0 fully saturated rings. The van der Waals surface area contributed by atoms with Gasteiger partial charge in [-0.3, -0.25) is 0 Å². The van der Waals surface area contributed by atoms with Crippen LogP contribution in [0.4, 0.5) is 0 Å². The second kappa shape index (κ2) is 84.1. The molecule has 40 nitrogen and oxygen atoms in total. The van der Waals surface area contributed by atoms with Crippen LogP contribution in [0.15, 0.2) is 186 Å². The number of aliphatic hydroxyl groups is 2. The van der Waals surface area contributed by atoms with Gasteiger partial charge in [-0.2, -0.15) is 0 Å². The molecule has 0 saturated carbocycles. The van der Waals surface area contributed by atoms with Gasteiger partial charge in [0.15, 0.2) is 0 Å². The molecular formula is C98H148O40. The molecule has 0 saturated heterocycles. The van der Waals surface area contributed by atoms with E-state index < -0.39 is 118 Å². The number of carbonyl (C=O) groups excluding carboxylic acids is 15. The molecule has 40 heteroatoms. The fourth-order valence-corrected chi connectivity index (χ4v) is 8.20. The van der Waals surface area contributed by atoms with Crippen molar-refractivity contribution in [1.82, 2.24) is 0 Å². The smallest absolute Gasteiger partial charge is 0.333 e. The molecule has 0 atom stereocenters. The van der Waals surface area contributed by atoms with Gasteiger partial charge in [-0.15, -0.1) is 0 Å².